The fourth-order valence-electron chi connectivity index (χ4n) is 5.04. The summed E-state index contributed by atoms with van der Waals surface area (Å²) in [5.41, 5.74) is 2.72. The molecular formula is C31H26F3N3O3. The number of benzene rings is 4. The summed E-state index contributed by atoms with van der Waals surface area (Å²) in [5, 5.41) is 19.1. The summed E-state index contributed by atoms with van der Waals surface area (Å²) in [6.45, 7) is -0.608. The number of hydrogen-bond donors (Lipinski definition) is 4. The molecule has 0 aromatic heterocycles. The van der Waals surface area contributed by atoms with E-state index in [1.54, 1.807) is 12.1 Å². The Hall–Kier alpha value is -4.47. The van der Waals surface area contributed by atoms with Crippen LogP contribution in [0, 0.1) is 17.5 Å². The minimum Gasteiger partial charge on any atom is -0.396 e. The molecule has 4 aromatic carbocycles. The highest BCUT2D eigenvalue weighted by Gasteiger charge is 2.36. The van der Waals surface area contributed by atoms with Crippen molar-refractivity contribution in [2.24, 2.45) is 0 Å². The van der Waals surface area contributed by atoms with E-state index in [-0.39, 0.29) is 5.56 Å². The van der Waals surface area contributed by atoms with Crippen molar-refractivity contribution in [2.45, 2.75) is 24.0 Å². The van der Waals surface area contributed by atoms with Crippen LogP contribution in [-0.2, 0) is 9.59 Å². The Bertz CT molecular complexity index is 1520. The highest BCUT2D eigenvalue weighted by atomic mass is 19.2. The number of fused-ring (bicyclic) bond motifs is 1. The Morgan fingerprint density at radius 2 is 1.52 bits per heavy atom. The van der Waals surface area contributed by atoms with Crippen molar-refractivity contribution in [3.8, 4) is 0 Å². The van der Waals surface area contributed by atoms with E-state index in [9.17, 15) is 27.9 Å². The van der Waals surface area contributed by atoms with E-state index in [1.165, 1.54) is 18.2 Å². The van der Waals surface area contributed by atoms with Gasteiger partial charge in [0.25, 0.3) is 5.91 Å². The summed E-state index contributed by atoms with van der Waals surface area (Å²) < 4.78 is 41.5. The molecule has 40 heavy (non-hydrogen) atoms. The van der Waals surface area contributed by atoms with E-state index >= 15 is 0 Å². The molecule has 204 valence electrons. The Labute approximate surface area is 228 Å². The van der Waals surface area contributed by atoms with Crippen LogP contribution >= 0.6 is 0 Å². The van der Waals surface area contributed by atoms with Gasteiger partial charge in [0, 0.05) is 11.6 Å². The van der Waals surface area contributed by atoms with Crippen LogP contribution in [0.1, 0.15) is 40.1 Å². The van der Waals surface area contributed by atoms with Gasteiger partial charge in [-0.3, -0.25) is 14.9 Å². The summed E-state index contributed by atoms with van der Waals surface area (Å²) in [6, 6.07) is 24.4. The molecule has 9 heteroatoms. The van der Waals surface area contributed by atoms with Gasteiger partial charge in [-0.1, -0.05) is 66.7 Å². The molecule has 2 amide bonds. The van der Waals surface area contributed by atoms with E-state index in [0.717, 1.165) is 35.4 Å². The van der Waals surface area contributed by atoms with Crippen molar-refractivity contribution >= 4 is 17.5 Å². The molecule has 1 aliphatic heterocycles. The number of carbonyl (C=O) groups excluding carboxylic acids is 2. The number of anilines is 1. The van der Waals surface area contributed by atoms with Crippen molar-refractivity contribution in [1.82, 2.24) is 10.6 Å². The van der Waals surface area contributed by atoms with Gasteiger partial charge in [-0.2, -0.15) is 0 Å². The zero-order valence-electron chi connectivity index (χ0n) is 21.2. The van der Waals surface area contributed by atoms with Crippen molar-refractivity contribution in [2.75, 3.05) is 11.9 Å². The summed E-state index contributed by atoms with van der Waals surface area (Å²) in [5.74, 6) is -6.16. The highest BCUT2D eigenvalue weighted by Crippen LogP contribution is 2.35. The molecule has 4 aromatic rings. The second kappa shape index (κ2) is 11.7. The van der Waals surface area contributed by atoms with E-state index in [4.69, 9.17) is 0 Å². The molecule has 1 heterocycles. The standard InChI is InChI=1S/C31H26F3N3O3/c32-21-13-10-18(11-14-21)27(23(17-38)20-12-15-24(33)25(34)16-20)30(39)37-29-31(40)35-26-9-5-4-8-22(26)28(36-29)19-6-2-1-3-7-19/h1-16,23,27-29,36,38H,17H2,(H,35,40)(H,37,39)/t23-,27+,28?,29+/m0/s1. The van der Waals surface area contributed by atoms with Gasteiger partial charge in [0.2, 0.25) is 5.91 Å². The number of amides is 2. The normalized spacial score (nSPS) is 18.1. The number of nitrogens with one attached hydrogen (secondary N) is 3. The molecular weight excluding hydrogens is 519 g/mol. The van der Waals surface area contributed by atoms with Crippen molar-refractivity contribution < 1.29 is 27.9 Å². The topological polar surface area (TPSA) is 90.5 Å². The fourth-order valence-corrected chi connectivity index (χ4v) is 5.04. The minimum atomic E-state index is -1.21. The van der Waals surface area contributed by atoms with E-state index in [1.807, 2.05) is 42.5 Å². The molecule has 0 bridgehead atoms. The number of aliphatic hydroxyl groups excluding tert-OH is 1. The largest absolute Gasteiger partial charge is 0.396 e. The minimum absolute atomic E-state index is 0.165. The van der Waals surface area contributed by atoms with E-state index in [2.05, 4.69) is 16.0 Å². The fraction of sp³-hybridized carbons (Fsp3) is 0.161. The van der Waals surface area contributed by atoms with Crippen LogP contribution < -0.4 is 16.0 Å². The first-order valence-electron chi connectivity index (χ1n) is 12.7. The van der Waals surface area contributed by atoms with Gasteiger partial charge < -0.3 is 15.7 Å². The first-order chi connectivity index (χ1) is 19.4. The van der Waals surface area contributed by atoms with E-state index < -0.39 is 59.9 Å². The lowest BCUT2D eigenvalue weighted by atomic mass is 9.81. The smallest absolute Gasteiger partial charge is 0.262 e. The Kier molecular flexibility index (Phi) is 7.95. The zero-order valence-corrected chi connectivity index (χ0v) is 21.2. The molecule has 6 nitrogen and oxygen atoms in total. The molecule has 0 aliphatic carbocycles. The first-order valence-corrected chi connectivity index (χ1v) is 12.7. The number of aliphatic hydroxyl groups is 1. The monoisotopic (exact) mass is 545 g/mol. The van der Waals surface area contributed by atoms with Crippen LogP contribution in [0.5, 0.6) is 0 Å². The molecule has 1 unspecified atom stereocenters. The summed E-state index contributed by atoms with van der Waals surface area (Å²) in [6.07, 6.45) is -1.21. The first kappa shape index (κ1) is 27.1. The quantitative estimate of drug-likeness (QED) is 0.270. The maximum atomic E-state index is 14.1. The van der Waals surface area contributed by atoms with Crippen LogP contribution in [0.25, 0.3) is 0 Å². The molecule has 1 aliphatic rings. The van der Waals surface area contributed by atoms with Gasteiger partial charge in [0.05, 0.1) is 18.6 Å². The van der Waals surface area contributed by atoms with Crippen LogP contribution in [0.15, 0.2) is 97.1 Å². The number of para-hydroxylation sites is 1. The molecule has 0 saturated carbocycles. The third-order valence-electron chi connectivity index (χ3n) is 7.03. The Balaban J connectivity index is 1.51. The third kappa shape index (κ3) is 5.61. The molecule has 0 radical (unpaired) electrons. The number of rotatable bonds is 7. The predicted molar refractivity (Wildman–Crippen MR) is 144 cm³/mol. The lowest BCUT2D eigenvalue weighted by Gasteiger charge is -2.29. The van der Waals surface area contributed by atoms with Crippen LogP contribution in [0.4, 0.5) is 18.9 Å². The highest BCUT2D eigenvalue weighted by molar-refractivity contribution is 5.99. The van der Waals surface area contributed by atoms with Crippen LogP contribution in [0.2, 0.25) is 0 Å². The summed E-state index contributed by atoms with van der Waals surface area (Å²) in [7, 11) is 0. The van der Waals surface area contributed by atoms with Crippen molar-refractivity contribution in [3.05, 3.63) is 137 Å². The van der Waals surface area contributed by atoms with E-state index in [0.29, 0.717) is 11.3 Å². The van der Waals surface area contributed by atoms with Crippen LogP contribution in [0.3, 0.4) is 0 Å². The van der Waals surface area contributed by atoms with Gasteiger partial charge in [-0.15, -0.1) is 0 Å². The molecule has 0 saturated heterocycles. The Morgan fingerprint density at radius 1 is 0.850 bits per heavy atom. The lowest BCUT2D eigenvalue weighted by molar-refractivity contribution is -0.128. The van der Waals surface area contributed by atoms with Gasteiger partial charge >= 0.3 is 0 Å². The Morgan fingerprint density at radius 3 is 2.23 bits per heavy atom. The lowest BCUT2D eigenvalue weighted by Crippen LogP contribution is -2.54. The molecule has 4 N–H and O–H groups in total. The zero-order chi connectivity index (χ0) is 28.2. The number of hydrogen-bond acceptors (Lipinski definition) is 4. The number of halogens is 3. The molecule has 4 atom stereocenters. The van der Waals surface area contributed by atoms with Gasteiger partial charge in [-0.25, -0.2) is 13.2 Å². The maximum Gasteiger partial charge on any atom is 0.262 e. The second-order valence-corrected chi connectivity index (χ2v) is 9.52. The van der Waals surface area contributed by atoms with Gasteiger partial charge in [0.1, 0.15) is 5.82 Å². The SMILES string of the molecule is O=C1Nc2ccccc2C(c2ccccc2)N[C@@H]1NC(=O)[C@H](c1ccc(F)cc1)[C@@H](CO)c1ccc(F)c(F)c1. The average molecular weight is 546 g/mol. The number of carbonyl (C=O) groups is 2. The maximum absolute atomic E-state index is 14.1. The van der Waals surface area contributed by atoms with Crippen molar-refractivity contribution in [1.29, 1.82) is 0 Å². The third-order valence-corrected chi connectivity index (χ3v) is 7.03. The summed E-state index contributed by atoms with van der Waals surface area (Å²) in [4.78, 5) is 27.2. The molecule has 0 spiro atoms. The molecule has 5 rings (SSSR count). The second-order valence-electron chi connectivity index (χ2n) is 9.52. The molecule has 0 fully saturated rings. The van der Waals surface area contributed by atoms with Gasteiger partial charge in [-0.05, 0) is 52.6 Å². The average Bonchev–Trinajstić information content (AvgIpc) is 3.10. The van der Waals surface area contributed by atoms with Crippen LogP contribution in [-0.4, -0.2) is 29.7 Å². The summed E-state index contributed by atoms with van der Waals surface area (Å²) >= 11 is 0. The predicted octanol–water partition coefficient (Wildman–Crippen LogP) is 4.74. The van der Waals surface area contributed by atoms with Crippen molar-refractivity contribution in [3.63, 3.8) is 0 Å². The van der Waals surface area contributed by atoms with Gasteiger partial charge in [0.15, 0.2) is 17.8 Å².